The molecule has 2 nitrogen and oxygen atoms in total. The standard InChI is InChI=1S/C13H14O2/c1-2-6-11-9-12(13(14)15-11)10-7-4-3-5-8-10/h3-5,7-9,12H,2,6H2,1H3. The number of benzene rings is 1. The predicted molar refractivity (Wildman–Crippen MR) is 58.3 cm³/mol. The van der Waals surface area contributed by atoms with E-state index in [0.29, 0.717) is 0 Å². The zero-order chi connectivity index (χ0) is 10.7. The van der Waals surface area contributed by atoms with E-state index in [2.05, 4.69) is 6.92 Å². The number of hydrogen-bond donors (Lipinski definition) is 0. The van der Waals surface area contributed by atoms with Crippen LogP contribution < -0.4 is 0 Å². The van der Waals surface area contributed by atoms with Crippen molar-refractivity contribution in [1.82, 2.24) is 0 Å². The summed E-state index contributed by atoms with van der Waals surface area (Å²) in [6.07, 6.45) is 3.77. The van der Waals surface area contributed by atoms with E-state index >= 15 is 0 Å². The largest absolute Gasteiger partial charge is 0.431 e. The summed E-state index contributed by atoms with van der Waals surface area (Å²) in [5.74, 6) is 0.466. The van der Waals surface area contributed by atoms with Gasteiger partial charge in [-0.3, -0.25) is 4.79 Å². The van der Waals surface area contributed by atoms with Crippen LogP contribution in [0.4, 0.5) is 0 Å². The van der Waals surface area contributed by atoms with E-state index < -0.39 is 0 Å². The third-order valence-corrected chi connectivity index (χ3v) is 2.49. The van der Waals surface area contributed by atoms with Gasteiger partial charge in [0.2, 0.25) is 0 Å². The van der Waals surface area contributed by atoms with Crippen LogP contribution in [0.2, 0.25) is 0 Å². The van der Waals surface area contributed by atoms with Crippen molar-refractivity contribution in [3.63, 3.8) is 0 Å². The van der Waals surface area contributed by atoms with Gasteiger partial charge in [0.05, 0.1) is 0 Å². The van der Waals surface area contributed by atoms with Crippen molar-refractivity contribution in [1.29, 1.82) is 0 Å². The highest BCUT2D eigenvalue weighted by molar-refractivity contribution is 5.83. The minimum Gasteiger partial charge on any atom is -0.431 e. The fourth-order valence-electron chi connectivity index (χ4n) is 1.75. The predicted octanol–water partition coefficient (Wildman–Crippen LogP) is 3.01. The topological polar surface area (TPSA) is 26.3 Å². The molecule has 1 aliphatic rings. The van der Waals surface area contributed by atoms with E-state index in [-0.39, 0.29) is 11.9 Å². The SMILES string of the molecule is CCCC1=CC(c2ccccc2)C(=O)O1. The van der Waals surface area contributed by atoms with Gasteiger partial charge < -0.3 is 4.74 Å². The third-order valence-electron chi connectivity index (χ3n) is 2.49. The number of carbonyl (C=O) groups excluding carboxylic acids is 1. The second-order valence-corrected chi connectivity index (χ2v) is 3.69. The molecule has 1 heterocycles. The molecular formula is C13H14O2. The Morgan fingerprint density at radius 3 is 2.67 bits per heavy atom. The summed E-state index contributed by atoms with van der Waals surface area (Å²) in [6.45, 7) is 2.07. The lowest BCUT2D eigenvalue weighted by Gasteiger charge is -2.03. The van der Waals surface area contributed by atoms with Gasteiger partial charge in [-0.25, -0.2) is 0 Å². The van der Waals surface area contributed by atoms with E-state index in [9.17, 15) is 4.79 Å². The Balaban J connectivity index is 2.20. The van der Waals surface area contributed by atoms with E-state index in [4.69, 9.17) is 4.74 Å². The molecular weight excluding hydrogens is 188 g/mol. The maximum atomic E-state index is 11.6. The number of rotatable bonds is 3. The van der Waals surface area contributed by atoms with Gasteiger partial charge >= 0.3 is 5.97 Å². The number of esters is 1. The Kier molecular flexibility index (Phi) is 2.86. The van der Waals surface area contributed by atoms with Crippen LogP contribution in [0, 0.1) is 0 Å². The monoisotopic (exact) mass is 202 g/mol. The second-order valence-electron chi connectivity index (χ2n) is 3.69. The van der Waals surface area contributed by atoms with Crippen LogP contribution in [-0.2, 0) is 9.53 Å². The molecule has 0 radical (unpaired) electrons. The van der Waals surface area contributed by atoms with E-state index in [1.807, 2.05) is 36.4 Å². The second kappa shape index (κ2) is 4.30. The van der Waals surface area contributed by atoms with Crippen LogP contribution in [0.3, 0.4) is 0 Å². The van der Waals surface area contributed by atoms with Crippen molar-refractivity contribution in [3.8, 4) is 0 Å². The van der Waals surface area contributed by atoms with Crippen LogP contribution >= 0.6 is 0 Å². The molecule has 1 atom stereocenters. The molecule has 0 N–H and O–H groups in total. The first-order valence-electron chi connectivity index (χ1n) is 5.28. The first-order chi connectivity index (χ1) is 7.31. The van der Waals surface area contributed by atoms with Gasteiger partial charge in [-0.15, -0.1) is 0 Å². The molecule has 0 fully saturated rings. The average molecular weight is 202 g/mol. The number of ether oxygens (including phenoxy) is 1. The van der Waals surface area contributed by atoms with Crippen LogP contribution in [0.25, 0.3) is 0 Å². The van der Waals surface area contributed by atoms with Crippen LogP contribution in [-0.4, -0.2) is 5.97 Å². The summed E-state index contributed by atoms with van der Waals surface area (Å²) in [5.41, 5.74) is 1.01. The fourth-order valence-corrected chi connectivity index (χ4v) is 1.75. The fraction of sp³-hybridized carbons (Fsp3) is 0.308. The molecule has 0 amide bonds. The van der Waals surface area contributed by atoms with Crippen LogP contribution in [0.5, 0.6) is 0 Å². The summed E-state index contributed by atoms with van der Waals surface area (Å²) in [5, 5.41) is 0. The molecule has 78 valence electrons. The van der Waals surface area contributed by atoms with Gasteiger partial charge in [0.25, 0.3) is 0 Å². The van der Waals surface area contributed by atoms with Gasteiger partial charge in [-0.1, -0.05) is 37.3 Å². The maximum Gasteiger partial charge on any atom is 0.322 e. The zero-order valence-corrected chi connectivity index (χ0v) is 8.77. The average Bonchev–Trinajstić information content (AvgIpc) is 2.61. The molecule has 1 unspecified atom stereocenters. The zero-order valence-electron chi connectivity index (χ0n) is 8.77. The van der Waals surface area contributed by atoms with Crippen molar-refractivity contribution in [2.45, 2.75) is 25.7 Å². The molecule has 15 heavy (non-hydrogen) atoms. The summed E-state index contributed by atoms with van der Waals surface area (Å²) in [7, 11) is 0. The summed E-state index contributed by atoms with van der Waals surface area (Å²) >= 11 is 0. The van der Waals surface area contributed by atoms with Crippen molar-refractivity contribution < 1.29 is 9.53 Å². The minimum atomic E-state index is -0.201. The first-order valence-corrected chi connectivity index (χ1v) is 5.28. The summed E-state index contributed by atoms with van der Waals surface area (Å²) < 4.78 is 5.19. The quantitative estimate of drug-likeness (QED) is 0.704. The van der Waals surface area contributed by atoms with Gasteiger partial charge in [0, 0.05) is 6.42 Å². The lowest BCUT2D eigenvalue weighted by Crippen LogP contribution is -2.06. The molecule has 0 aromatic heterocycles. The van der Waals surface area contributed by atoms with Crippen LogP contribution in [0.1, 0.15) is 31.2 Å². The Hall–Kier alpha value is -1.57. The summed E-state index contributed by atoms with van der Waals surface area (Å²) in [4.78, 5) is 11.6. The normalized spacial score (nSPS) is 19.9. The van der Waals surface area contributed by atoms with Gasteiger partial charge in [0.15, 0.2) is 0 Å². The molecule has 1 aliphatic heterocycles. The van der Waals surface area contributed by atoms with E-state index in [1.165, 1.54) is 0 Å². The van der Waals surface area contributed by atoms with Crippen molar-refractivity contribution in [2.24, 2.45) is 0 Å². The molecule has 2 rings (SSSR count). The van der Waals surface area contributed by atoms with E-state index in [1.54, 1.807) is 0 Å². The highest BCUT2D eigenvalue weighted by Gasteiger charge is 2.27. The number of hydrogen-bond acceptors (Lipinski definition) is 2. The molecule has 1 aromatic rings. The van der Waals surface area contributed by atoms with Crippen molar-refractivity contribution >= 4 is 5.97 Å². The molecule has 0 spiro atoms. The Bertz CT molecular complexity index is 379. The molecule has 0 bridgehead atoms. The van der Waals surface area contributed by atoms with Gasteiger partial charge in [-0.05, 0) is 18.1 Å². The lowest BCUT2D eigenvalue weighted by atomic mass is 10.00. The number of carbonyl (C=O) groups is 1. The highest BCUT2D eigenvalue weighted by Crippen LogP contribution is 2.29. The Morgan fingerprint density at radius 1 is 1.27 bits per heavy atom. The molecule has 0 aliphatic carbocycles. The van der Waals surface area contributed by atoms with Crippen LogP contribution in [0.15, 0.2) is 42.2 Å². The Labute approximate surface area is 89.6 Å². The van der Waals surface area contributed by atoms with Gasteiger partial charge in [0.1, 0.15) is 11.7 Å². The Morgan fingerprint density at radius 2 is 2.00 bits per heavy atom. The number of cyclic esters (lactones) is 1. The van der Waals surface area contributed by atoms with Crippen molar-refractivity contribution in [2.75, 3.05) is 0 Å². The molecule has 0 saturated carbocycles. The van der Waals surface area contributed by atoms with E-state index in [0.717, 1.165) is 24.2 Å². The lowest BCUT2D eigenvalue weighted by molar-refractivity contribution is -0.138. The number of allylic oxidation sites excluding steroid dienone is 1. The maximum absolute atomic E-state index is 11.6. The smallest absolute Gasteiger partial charge is 0.322 e. The summed E-state index contributed by atoms with van der Waals surface area (Å²) in [6, 6.07) is 9.73. The molecule has 0 saturated heterocycles. The first kappa shape index (κ1) is 9.97. The third kappa shape index (κ3) is 2.09. The minimum absolute atomic E-state index is 0.148. The molecule has 1 aromatic carbocycles. The van der Waals surface area contributed by atoms with Crippen molar-refractivity contribution in [3.05, 3.63) is 47.7 Å². The molecule has 2 heteroatoms. The van der Waals surface area contributed by atoms with Gasteiger partial charge in [-0.2, -0.15) is 0 Å². The highest BCUT2D eigenvalue weighted by atomic mass is 16.5.